The van der Waals surface area contributed by atoms with E-state index in [0.29, 0.717) is 42.3 Å². The summed E-state index contributed by atoms with van der Waals surface area (Å²) >= 11 is 6.35. The van der Waals surface area contributed by atoms with E-state index in [4.69, 9.17) is 11.6 Å². The van der Waals surface area contributed by atoms with E-state index in [1.54, 1.807) is 29.2 Å². The second-order valence-corrected chi connectivity index (χ2v) is 11.8. The largest absolute Gasteiger partial charge is 0.480 e. The van der Waals surface area contributed by atoms with Crippen LogP contribution < -0.4 is 4.90 Å². The summed E-state index contributed by atoms with van der Waals surface area (Å²) in [4.78, 5) is 28.2. The van der Waals surface area contributed by atoms with Crippen LogP contribution in [0, 0.1) is 5.92 Å². The van der Waals surface area contributed by atoms with Gasteiger partial charge in [0.15, 0.2) is 9.84 Å². The number of rotatable bonds is 5. The lowest BCUT2D eigenvalue weighted by Gasteiger charge is -2.38. The van der Waals surface area contributed by atoms with Crippen molar-refractivity contribution in [2.75, 3.05) is 24.2 Å². The smallest absolute Gasteiger partial charge is 0.416 e. The number of carbonyl (C=O) groups excluding carboxylic acids is 1. The number of amides is 1. The summed E-state index contributed by atoms with van der Waals surface area (Å²) in [6.45, 7) is 0.458. The molecule has 0 aromatic heterocycles. The minimum absolute atomic E-state index is 0.153. The second kappa shape index (κ2) is 10.2. The third-order valence-electron chi connectivity index (χ3n) is 7.06. The van der Waals surface area contributed by atoms with E-state index in [2.05, 4.69) is 0 Å². The van der Waals surface area contributed by atoms with Gasteiger partial charge in [-0.1, -0.05) is 29.8 Å². The van der Waals surface area contributed by atoms with Crippen molar-refractivity contribution in [2.45, 2.75) is 48.8 Å². The number of hydrogen-bond acceptors (Lipinski definition) is 5. The number of aliphatic carboxylic acids is 1. The molecule has 0 unspecified atom stereocenters. The fourth-order valence-corrected chi connectivity index (χ4v) is 6.42. The van der Waals surface area contributed by atoms with Crippen molar-refractivity contribution < 1.29 is 36.3 Å². The number of anilines is 1. The van der Waals surface area contributed by atoms with Gasteiger partial charge in [-0.05, 0) is 55.5 Å². The highest BCUT2D eigenvalue weighted by Gasteiger charge is 2.45. The normalized spacial score (nSPS) is 21.3. The van der Waals surface area contributed by atoms with Gasteiger partial charge < -0.3 is 14.9 Å². The molecule has 1 amide bonds. The molecule has 12 heteroatoms. The zero-order valence-electron chi connectivity index (χ0n) is 19.9. The molecule has 2 aliphatic rings. The zero-order chi connectivity index (χ0) is 27.1. The van der Waals surface area contributed by atoms with Crippen LogP contribution in [-0.4, -0.2) is 55.7 Å². The average molecular weight is 559 g/mol. The van der Waals surface area contributed by atoms with E-state index in [1.165, 1.54) is 4.90 Å². The molecule has 0 radical (unpaired) electrons. The number of sulfone groups is 1. The maximum absolute atomic E-state index is 13.6. The number of halogens is 4. The number of piperidine rings is 1. The van der Waals surface area contributed by atoms with Gasteiger partial charge in [0, 0.05) is 30.3 Å². The topological polar surface area (TPSA) is 95.0 Å². The van der Waals surface area contributed by atoms with Crippen LogP contribution in [0.3, 0.4) is 0 Å². The van der Waals surface area contributed by atoms with Gasteiger partial charge in [0.05, 0.1) is 22.2 Å². The highest BCUT2D eigenvalue weighted by atomic mass is 35.5. The summed E-state index contributed by atoms with van der Waals surface area (Å²) in [5, 5.41) is 10.2. The molecule has 2 heterocycles. The molecule has 2 aromatic carbocycles. The van der Waals surface area contributed by atoms with Gasteiger partial charge in [0.2, 0.25) is 5.91 Å². The van der Waals surface area contributed by atoms with Crippen LogP contribution in [0.1, 0.15) is 42.9 Å². The highest BCUT2D eigenvalue weighted by molar-refractivity contribution is 7.90. The molecule has 37 heavy (non-hydrogen) atoms. The molecule has 7 nitrogen and oxygen atoms in total. The fourth-order valence-electron chi connectivity index (χ4n) is 5.24. The summed E-state index contributed by atoms with van der Waals surface area (Å²) in [6, 6.07) is 8.16. The highest BCUT2D eigenvalue weighted by Crippen LogP contribution is 2.42. The van der Waals surface area contributed by atoms with Crippen LogP contribution >= 0.6 is 11.6 Å². The van der Waals surface area contributed by atoms with Gasteiger partial charge in [0.25, 0.3) is 0 Å². The van der Waals surface area contributed by atoms with E-state index in [1.807, 2.05) is 0 Å². The first-order valence-electron chi connectivity index (χ1n) is 11.7. The Morgan fingerprint density at radius 3 is 2.24 bits per heavy atom. The first-order chi connectivity index (χ1) is 17.3. The van der Waals surface area contributed by atoms with Crippen molar-refractivity contribution in [3.05, 3.63) is 58.6 Å². The van der Waals surface area contributed by atoms with Crippen LogP contribution in [0.15, 0.2) is 47.4 Å². The molecule has 4 rings (SSSR count). The Labute approximate surface area is 217 Å². The third-order valence-corrected chi connectivity index (χ3v) is 8.53. The van der Waals surface area contributed by atoms with Crippen molar-refractivity contribution in [1.82, 2.24) is 4.90 Å². The molecule has 2 aromatic rings. The van der Waals surface area contributed by atoms with Gasteiger partial charge in [-0.3, -0.25) is 4.79 Å². The van der Waals surface area contributed by atoms with Gasteiger partial charge in [-0.25, -0.2) is 13.2 Å². The van der Waals surface area contributed by atoms with Crippen LogP contribution in [0.2, 0.25) is 5.02 Å². The molecule has 0 saturated carbocycles. The maximum Gasteiger partial charge on any atom is 0.416 e. The molecule has 1 N–H and O–H groups in total. The summed E-state index contributed by atoms with van der Waals surface area (Å²) < 4.78 is 64.2. The van der Waals surface area contributed by atoms with Gasteiger partial charge in [-0.15, -0.1) is 0 Å². The molecular formula is C25H26ClF3N2O5S. The predicted octanol–water partition coefficient (Wildman–Crippen LogP) is 4.80. The molecule has 0 bridgehead atoms. The van der Waals surface area contributed by atoms with Gasteiger partial charge >= 0.3 is 12.1 Å². The minimum Gasteiger partial charge on any atom is -0.480 e. The lowest BCUT2D eigenvalue weighted by molar-refractivity contribution is -0.152. The Bertz CT molecular complexity index is 1310. The molecule has 2 atom stereocenters. The maximum atomic E-state index is 13.6. The summed E-state index contributed by atoms with van der Waals surface area (Å²) in [6.07, 6.45) is -2.50. The second-order valence-electron chi connectivity index (χ2n) is 9.43. The van der Waals surface area contributed by atoms with E-state index in [-0.39, 0.29) is 24.7 Å². The first-order valence-corrected chi connectivity index (χ1v) is 14.0. The van der Waals surface area contributed by atoms with E-state index in [9.17, 15) is 36.3 Å². The standard InChI is InChI=1S/C25H26ClF3N2O5S/c1-37(35,36)22-14-16(25(27,28)29)6-7-20(22)30-12-10-15(11-13-30)23(32)31-19(8-9-21(31)24(33)34)17-4-2-3-5-18(17)26/h2-7,14-15,19,21H,8-13H2,1H3,(H,33,34)/t19-,21+/m1/s1. The van der Waals surface area contributed by atoms with Crippen molar-refractivity contribution >= 4 is 39.0 Å². The molecule has 0 spiro atoms. The number of alkyl halides is 3. The Kier molecular flexibility index (Phi) is 7.49. The van der Waals surface area contributed by atoms with Crippen LogP contribution in [0.4, 0.5) is 18.9 Å². The molecule has 2 saturated heterocycles. The summed E-state index contributed by atoms with van der Waals surface area (Å²) in [5.41, 5.74) is -0.220. The number of benzene rings is 2. The molecule has 2 fully saturated rings. The van der Waals surface area contributed by atoms with Crippen LogP contribution in [0.5, 0.6) is 0 Å². The Morgan fingerprint density at radius 2 is 1.68 bits per heavy atom. The summed E-state index contributed by atoms with van der Waals surface area (Å²) in [7, 11) is -3.96. The van der Waals surface area contributed by atoms with E-state index >= 15 is 0 Å². The molecular weight excluding hydrogens is 533 g/mol. The quantitative estimate of drug-likeness (QED) is 0.567. The number of likely N-dealkylation sites (tertiary alicyclic amines) is 1. The number of hydrogen-bond donors (Lipinski definition) is 1. The SMILES string of the molecule is CS(=O)(=O)c1cc(C(F)(F)F)ccc1N1CCC(C(=O)N2[C@@H](c3ccccc3Cl)CC[C@H]2C(=O)O)CC1. The van der Waals surface area contributed by atoms with Crippen molar-refractivity contribution in [3.8, 4) is 0 Å². The van der Waals surface area contributed by atoms with Crippen molar-refractivity contribution in [2.24, 2.45) is 5.92 Å². The van der Waals surface area contributed by atoms with Gasteiger partial charge in [-0.2, -0.15) is 13.2 Å². The predicted molar refractivity (Wildman–Crippen MR) is 131 cm³/mol. The first kappa shape index (κ1) is 27.3. The third kappa shape index (κ3) is 5.57. The number of carbonyl (C=O) groups is 2. The Hall–Kier alpha value is -2.79. The number of nitrogens with zero attached hydrogens (tertiary/aromatic N) is 2. The fraction of sp³-hybridized carbons (Fsp3) is 0.440. The Balaban J connectivity index is 1.56. The monoisotopic (exact) mass is 558 g/mol. The van der Waals surface area contributed by atoms with Crippen LogP contribution in [-0.2, 0) is 25.6 Å². The van der Waals surface area contributed by atoms with Crippen molar-refractivity contribution in [1.29, 1.82) is 0 Å². The van der Waals surface area contributed by atoms with Crippen LogP contribution in [0.25, 0.3) is 0 Å². The van der Waals surface area contributed by atoms with Crippen molar-refractivity contribution in [3.63, 3.8) is 0 Å². The molecule has 0 aliphatic carbocycles. The lowest BCUT2D eigenvalue weighted by atomic mass is 9.93. The number of carboxylic acids is 1. The zero-order valence-corrected chi connectivity index (χ0v) is 21.5. The Morgan fingerprint density at radius 1 is 1.03 bits per heavy atom. The summed E-state index contributed by atoms with van der Waals surface area (Å²) in [5.74, 6) is -1.93. The van der Waals surface area contributed by atoms with E-state index < -0.39 is 50.4 Å². The lowest BCUT2D eigenvalue weighted by Crippen LogP contribution is -2.47. The van der Waals surface area contributed by atoms with E-state index in [0.717, 1.165) is 18.4 Å². The molecule has 200 valence electrons. The molecule has 2 aliphatic heterocycles. The number of carboxylic acid groups (broad SMARTS) is 1. The minimum atomic E-state index is -4.69. The average Bonchev–Trinajstić information content (AvgIpc) is 3.28. The van der Waals surface area contributed by atoms with Gasteiger partial charge in [0.1, 0.15) is 6.04 Å².